The smallest absolute Gasteiger partial charge is 0.240 e. The van der Waals surface area contributed by atoms with Crippen molar-refractivity contribution in [2.24, 2.45) is 0 Å². The monoisotopic (exact) mass is 254 g/mol. The van der Waals surface area contributed by atoms with E-state index in [0.717, 1.165) is 25.8 Å². The fourth-order valence-corrected chi connectivity index (χ4v) is 3.34. The van der Waals surface area contributed by atoms with Crippen molar-refractivity contribution in [3.8, 4) is 0 Å². The van der Waals surface area contributed by atoms with Crippen LogP contribution in [-0.4, -0.2) is 47.2 Å². The minimum absolute atomic E-state index is 0.0797. The predicted molar refractivity (Wildman–Crippen MR) is 71.3 cm³/mol. The summed E-state index contributed by atoms with van der Waals surface area (Å²) >= 11 is 0. The molecule has 0 radical (unpaired) electrons. The zero-order valence-corrected chi connectivity index (χ0v) is 11.4. The van der Waals surface area contributed by atoms with Crippen LogP contribution in [0.2, 0.25) is 0 Å². The lowest BCUT2D eigenvalue weighted by molar-refractivity contribution is -0.138. The summed E-state index contributed by atoms with van der Waals surface area (Å²) in [4.78, 5) is 14.7. The Morgan fingerprint density at radius 3 is 2.67 bits per heavy atom. The molecule has 1 aliphatic carbocycles. The molecule has 2 rings (SSSR count). The zero-order chi connectivity index (χ0) is 13.0. The molecule has 2 aliphatic rings. The van der Waals surface area contributed by atoms with Crippen molar-refractivity contribution >= 4 is 5.91 Å². The van der Waals surface area contributed by atoms with Gasteiger partial charge < -0.3 is 15.3 Å². The van der Waals surface area contributed by atoms with Gasteiger partial charge in [-0.2, -0.15) is 0 Å². The third-order valence-electron chi connectivity index (χ3n) is 4.37. The van der Waals surface area contributed by atoms with Crippen molar-refractivity contribution in [2.45, 2.75) is 70.0 Å². The third kappa shape index (κ3) is 3.04. The van der Waals surface area contributed by atoms with Crippen LogP contribution in [0.3, 0.4) is 0 Å². The van der Waals surface area contributed by atoms with E-state index < -0.39 is 0 Å². The van der Waals surface area contributed by atoms with Gasteiger partial charge in [-0.15, -0.1) is 0 Å². The van der Waals surface area contributed by atoms with Gasteiger partial charge in [-0.3, -0.25) is 4.79 Å². The molecule has 2 N–H and O–H groups in total. The van der Waals surface area contributed by atoms with Crippen LogP contribution in [0.1, 0.15) is 51.9 Å². The first-order valence-electron chi connectivity index (χ1n) is 7.40. The van der Waals surface area contributed by atoms with Crippen LogP contribution in [0.5, 0.6) is 0 Å². The van der Waals surface area contributed by atoms with Gasteiger partial charge in [-0.05, 0) is 39.2 Å². The second kappa shape index (κ2) is 6.53. The van der Waals surface area contributed by atoms with Gasteiger partial charge in [-0.25, -0.2) is 0 Å². The summed E-state index contributed by atoms with van der Waals surface area (Å²) in [7, 11) is 0. The van der Waals surface area contributed by atoms with E-state index in [0.29, 0.717) is 18.5 Å². The molecule has 0 spiro atoms. The lowest BCUT2D eigenvalue weighted by Gasteiger charge is -2.38. The average molecular weight is 254 g/mol. The molecule has 1 heterocycles. The van der Waals surface area contributed by atoms with E-state index >= 15 is 0 Å². The van der Waals surface area contributed by atoms with Crippen LogP contribution >= 0.6 is 0 Å². The Bertz CT molecular complexity index is 277. The largest absolute Gasteiger partial charge is 0.396 e. The number of aliphatic hydroxyl groups is 1. The molecule has 2 atom stereocenters. The van der Waals surface area contributed by atoms with Crippen LogP contribution in [0.15, 0.2) is 0 Å². The Morgan fingerprint density at radius 2 is 2.00 bits per heavy atom. The van der Waals surface area contributed by atoms with E-state index in [4.69, 9.17) is 5.11 Å². The second-order valence-corrected chi connectivity index (χ2v) is 5.69. The maximum Gasteiger partial charge on any atom is 0.240 e. The molecule has 1 saturated carbocycles. The number of carbonyl (C=O) groups is 1. The number of hydrogen-bond acceptors (Lipinski definition) is 3. The van der Waals surface area contributed by atoms with Gasteiger partial charge >= 0.3 is 0 Å². The SMILES string of the molecule is CC1CCNC(CCO)C(=O)N1C1CCCCC1. The van der Waals surface area contributed by atoms with Crippen molar-refractivity contribution < 1.29 is 9.90 Å². The molecule has 4 heteroatoms. The summed E-state index contributed by atoms with van der Waals surface area (Å²) < 4.78 is 0. The standard InChI is InChI=1S/C14H26N2O2/c1-11-7-9-15-13(8-10-17)14(18)16(11)12-5-3-2-4-6-12/h11-13,15,17H,2-10H2,1H3. The molecule has 0 aromatic carbocycles. The number of carbonyl (C=O) groups excluding carboxylic acids is 1. The van der Waals surface area contributed by atoms with Crippen LogP contribution in [-0.2, 0) is 4.79 Å². The Balaban J connectivity index is 2.09. The molecule has 0 aromatic rings. The van der Waals surface area contributed by atoms with Crippen LogP contribution < -0.4 is 5.32 Å². The van der Waals surface area contributed by atoms with Gasteiger partial charge in [0.05, 0.1) is 6.04 Å². The van der Waals surface area contributed by atoms with Gasteiger partial charge in [0.2, 0.25) is 5.91 Å². The van der Waals surface area contributed by atoms with Crippen LogP contribution in [0.25, 0.3) is 0 Å². The molecule has 2 unspecified atom stereocenters. The number of nitrogens with zero attached hydrogens (tertiary/aromatic N) is 1. The van der Waals surface area contributed by atoms with Crippen LogP contribution in [0, 0.1) is 0 Å². The summed E-state index contributed by atoms with van der Waals surface area (Å²) in [6.07, 6.45) is 7.67. The highest BCUT2D eigenvalue weighted by atomic mass is 16.3. The van der Waals surface area contributed by atoms with Gasteiger partial charge in [0, 0.05) is 18.7 Å². The number of amides is 1. The molecule has 1 amide bonds. The predicted octanol–water partition coefficient (Wildman–Crippen LogP) is 1.28. The quantitative estimate of drug-likeness (QED) is 0.798. The maximum atomic E-state index is 12.6. The normalized spacial score (nSPS) is 31.4. The summed E-state index contributed by atoms with van der Waals surface area (Å²) in [5.41, 5.74) is 0. The fourth-order valence-electron chi connectivity index (χ4n) is 3.34. The molecule has 18 heavy (non-hydrogen) atoms. The molecule has 0 bridgehead atoms. The molecule has 104 valence electrons. The first-order chi connectivity index (χ1) is 8.74. The van der Waals surface area contributed by atoms with Gasteiger partial charge in [0.1, 0.15) is 0 Å². The highest BCUT2D eigenvalue weighted by Gasteiger charge is 2.35. The van der Waals surface area contributed by atoms with E-state index in [9.17, 15) is 4.79 Å². The highest BCUT2D eigenvalue weighted by molar-refractivity contribution is 5.82. The number of nitrogens with one attached hydrogen (secondary N) is 1. The second-order valence-electron chi connectivity index (χ2n) is 5.69. The van der Waals surface area contributed by atoms with E-state index in [1.54, 1.807) is 0 Å². The summed E-state index contributed by atoms with van der Waals surface area (Å²) in [6.45, 7) is 3.12. The Morgan fingerprint density at radius 1 is 1.28 bits per heavy atom. The molecule has 1 aliphatic heterocycles. The highest BCUT2D eigenvalue weighted by Crippen LogP contribution is 2.26. The van der Waals surface area contributed by atoms with Crippen molar-refractivity contribution in [2.75, 3.05) is 13.2 Å². The molecular formula is C14H26N2O2. The lowest BCUT2D eigenvalue weighted by Crippen LogP contribution is -2.51. The number of aliphatic hydroxyl groups excluding tert-OH is 1. The fraction of sp³-hybridized carbons (Fsp3) is 0.929. The first kappa shape index (κ1) is 13.8. The number of rotatable bonds is 3. The Hall–Kier alpha value is -0.610. The minimum atomic E-state index is -0.179. The topological polar surface area (TPSA) is 52.6 Å². The Kier molecular flexibility index (Phi) is 5.01. The van der Waals surface area contributed by atoms with Crippen molar-refractivity contribution in [1.29, 1.82) is 0 Å². The maximum absolute atomic E-state index is 12.6. The van der Waals surface area contributed by atoms with Gasteiger partial charge in [0.15, 0.2) is 0 Å². The molecule has 2 fully saturated rings. The summed E-state index contributed by atoms with van der Waals surface area (Å²) in [5.74, 6) is 0.209. The van der Waals surface area contributed by atoms with Crippen molar-refractivity contribution in [3.63, 3.8) is 0 Å². The average Bonchev–Trinajstić information content (AvgIpc) is 2.51. The van der Waals surface area contributed by atoms with E-state index in [1.807, 2.05) is 0 Å². The Labute approximate surface area is 110 Å². The molecule has 4 nitrogen and oxygen atoms in total. The molecule has 1 saturated heterocycles. The first-order valence-corrected chi connectivity index (χ1v) is 7.40. The lowest BCUT2D eigenvalue weighted by atomic mass is 9.92. The number of hydrogen-bond donors (Lipinski definition) is 2. The summed E-state index contributed by atoms with van der Waals surface area (Å²) in [5, 5.41) is 12.4. The van der Waals surface area contributed by atoms with E-state index in [2.05, 4.69) is 17.1 Å². The van der Waals surface area contributed by atoms with E-state index in [-0.39, 0.29) is 18.6 Å². The molecule has 0 aromatic heterocycles. The molecular weight excluding hydrogens is 228 g/mol. The van der Waals surface area contributed by atoms with Gasteiger partial charge in [-0.1, -0.05) is 19.3 Å². The summed E-state index contributed by atoms with van der Waals surface area (Å²) in [6, 6.07) is 0.584. The third-order valence-corrected chi connectivity index (χ3v) is 4.37. The van der Waals surface area contributed by atoms with Gasteiger partial charge in [0.25, 0.3) is 0 Å². The van der Waals surface area contributed by atoms with Crippen LogP contribution in [0.4, 0.5) is 0 Å². The van der Waals surface area contributed by atoms with Crippen molar-refractivity contribution in [3.05, 3.63) is 0 Å². The van der Waals surface area contributed by atoms with E-state index in [1.165, 1.54) is 19.3 Å². The van der Waals surface area contributed by atoms with Crippen molar-refractivity contribution in [1.82, 2.24) is 10.2 Å². The zero-order valence-electron chi connectivity index (χ0n) is 11.4. The minimum Gasteiger partial charge on any atom is -0.396 e.